The van der Waals surface area contributed by atoms with Crippen molar-refractivity contribution in [2.45, 2.75) is 18.6 Å². The van der Waals surface area contributed by atoms with Gasteiger partial charge in [-0.05, 0) is 41.5 Å². The van der Waals surface area contributed by atoms with Gasteiger partial charge in [-0.1, -0.05) is 58.4 Å². The zero-order valence-corrected chi connectivity index (χ0v) is 17.1. The number of ether oxygens (including phenoxy) is 1. The van der Waals surface area contributed by atoms with E-state index in [0.29, 0.717) is 12.2 Å². The van der Waals surface area contributed by atoms with E-state index in [-0.39, 0.29) is 12.2 Å². The number of benzene rings is 3. The zero-order valence-electron chi connectivity index (χ0n) is 15.5. The Morgan fingerprint density at radius 1 is 1.04 bits per heavy atom. The molecule has 0 bridgehead atoms. The van der Waals surface area contributed by atoms with Crippen molar-refractivity contribution in [3.05, 3.63) is 94.0 Å². The van der Waals surface area contributed by atoms with Gasteiger partial charge in [-0.15, -0.1) is 0 Å². The summed E-state index contributed by atoms with van der Waals surface area (Å²) in [6.07, 6.45) is 0.485. The molecule has 0 radical (unpaired) electrons. The molecule has 2 N–H and O–H groups in total. The smallest absolute Gasteiger partial charge is 0.126 e. The molecule has 5 heteroatoms. The predicted octanol–water partition coefficient (Wildman–Crippen LogP) is 5.39. The Bertz CT molecular complexity index is 1000. The van der Waals surface area contributed by atoms with Gasteiger partial charge in [0.15, 0.2) is 0 Å². The third kappa shape index (κ3) is 3.96. The van der Waals surface area contributed by atoms with Gasteiger partial charge in [0, 0.05) is 28.2 Å². The third-order valence-electron chi connectivity index (χ3n) is 4.94. The van der Waals surface area contributed by atoms with Crippen LogP contribution in [0.4, 0.5) is 0 Å². The van der Waals surface area contributed by atoms with Crippen molar-refractivity contribution in [2.75, 3.05) is 7.11 Å². The van der Waals surface area contributed by atoms with Gasteiger partial charge in [-0.2, -0.15) is 0 Å². The minimum atomic E-state index is -0.210. The number of aromatic hydroxyl groups is 1. The molecule has 3 aromatic carbocycles. The van der Waals surface area contributed by atoms with E-state index in [2.05, 4.69) is 33.4 Å². The molecule has 1 aliphatic rings. The SMILES string of the molecule is COc1ccc(C2N=C(c3cccc(Br)c3)CC(c3ccccc3O)N2)cc1. The monoisotopic (exact) mass is 436 g/mol. The summed E-state index contributed by atoms with van der Waals surface area (Å²) < 4.78 is 6.29. The Labute approximate surface area is 173 Å². The van der Waals surface area contributed by atoms with Crippen LogP contribution >= 0.6 is 15.9 Å². The summed E-state index contributed by atoms with van der Waals surface area (Å²) in [6, 6.07) is 23.5. The normalized spacial score (nSPS) is 19.1. The molecule has 0 fully saturated rings. The summed E-state index contributed by atoms with van der Waals surface area (Å²) >= 11 is 3.55. The minimum absolute atomic E-state index is 0.0419. The van der Waals surface area contributed by atoms with Crippen LogP contribution in [0.5, 0.6) is 11.5 Å². The second kappa shape index (κ2) is 8.17. The largest absolute Gasteiger partial charge is 0.508 e. The fourth-order valence-electron chi connectivity index (χ4n) is 3.49. The van der Waals surface area contributed by atoms with Gasteiger partial charge in [0.25, 0.3) is 0 Å². The van der Waals surface area contributed by atoms with Crippen molar-refractivity contribution in [3.63, 3.8) is 0 Å². The number of hydrogen-bond donors (Lipinski definition) is 2. The minimum Gasteiger partial charge on any atom is -0.508 e. The van der Waals surface area contributed by atoms with E-state index in [1.807, 2.05) is 54.6 Å². The molecule has 0 spiro atoms. The number of hydrogen-bond acceptors (Lipinski definition) is 4. The molecule has 1 heterocycles. The quantitative estimate of drug-likeness (QED) is 0.576. The Morgan fingerprint density at radius 2 is 1.82 bits per heavy atom. The van der Waals surface area contributed by atoms with Gasteiger partial charge in [-0.25, -0.2) is 0 Å². The van der Waals surface area contributed by atoms with Crippen molar-refractivity contribution in [3.8, 4) is 11.5 Å². The summed E-state index contributed by atoms with van der Waals surface area (Å²) in [6.45, 7) is 0. The predicted molar refractivity (Wildman–Crippen MR) is 115 cm³/mol. The second-order valence-electron chi connectivity index (χ2n) is 6.74. The first-order valence-electron chi connectivity index (χ1n) is 9.14. The highest BCUT2D eigenvalue weighted by atomic mass is 79.9. The lowest BCUT2D eigenvalue weighted by molar-refractivity contribution is 0.408. The standard InChI is InChI=1S/C23H21BrN2O2/c1-28-18-11-9-15(10-12-18)23-25-20(16-5-4-6-17(24)13-16)14-21(26-23)19-7-2-3-8-22(19)27/h2-13,21,23,26-27H,14H2,1H3. The first-order chi connectivity index (χ1) is 13.6. The molecule has 2 atom stereocenters. The highest BCUT2D eigenvalue weighted by Crippen LogP contribution is 2.34. The highest BCUT2D eigenvalue weighted by molar-refractivity contribution is 9.10. The maximum atomic E-state index is 10.4. The molecule has 3 aromatic rings. The second-order valence-corrected chi connectivity index (χ2v) is 7.66. The first kappa shape index (κ1) is 18.7. The van der Waals surface area contributed by atoms with Crippen LogP contribution in [0.25, 0.3) is 0 Å². The molecule has 142 valence electrons. The number of rotatable bonds is 4. The molecule has 0 aliphatic carbocycles. The Balaban J connectivity index is 1.74. The topological polar surface area (TPSA) is 53.9 Å². The number of phenols is 1. The summed E-state index contributed by atoms with van der Waals surface area (Å²) in [5, 5.41) is 14.0. The number of halogens is 1. The van der Waals surface area contributed by atoms with Crippen molar-refractivity contribution in [1.82, 2.24) is 5.32 Å². The van der Waals surface area contributed by atoms with Gasteiger partial charge < -0.3 is 9.84 Å². The molecular weight excluding hydrogens is 416 g/mol. The van der Waals surface area contributed by atoms with Crippen LogP contribution in [0.2, 0.25) is 0 Å². The van der Waals surface area contributed by atoms with Crippen LogP contribution < -0.4 is 10.1 Å². The summed E-state index contributed by atoms with van der Waals surface area (Å²) in [4.78, 5) is 4.99. The van der Waals surface area contributed by atoms with Gasteiger partial charge >= 0.3 is 0 Å². The van der Waals surface area contributed by atoms with Gasteiger partial charge in [0.1, 0.15) is 17.7 Å². The van der Waals surface area contributed by atoms with E-state index in [1.54, 1.807) is 13.2 Å². The van der Waals surface area contributed by atoms with E-state index >= 15 is 0 Å². The summed E-state index contributed by atoms with van der Waals surface area (Å²) in [5.74, 6) is 1.11. The van der Waals surface area contributed by atoms with Crippen molar-refractivity contribution in [1.29, 1.82) is 0 Å². The Morgan fingerprint density at radius 3 is 2.54 bits per heavy atom. The van der Waals surface area contributed by atoms with Crippen LogP contribution in [0.3, 0.4) is 0 Å². The van der Waals surface area contributed by atoms with Crippen molar-refractivity contribution < 1.29 is 9.84 Å². The molecular formula is C23H21BrN2O2. The van der Waals surface area contributed by atoms with Gasteiger partial charge in [0.05, 0.1) is 7.11 Å². The highest BCUT2D eigenvalue weighted by Gasteiger charge is 2.27. The first-order valence-corrected chi connectivity index (χ1v) is 9.94. The van der Waals surface area contributed by atoms with E-state index < -0.39 is 0 Å². The molecule has 4 rings (SSSR count). The van der Waals surface area contributed by atoms with Crippen LogP contribution in [-0.2, 0) is 0 Å². The van der Waals surface area contributed by atoms with E-state index in [9.17, 15) is 5.11 Å². The maximum absolute atomic E-state index is 10.4. The Kier molecular flexibility index (Phi) is 5.46. The lowest BCUT2D eigenvalue weighted by atomic mass is 9.93. The number of aliphatic imine (C=N–C) groups is 1. The molecule has 2 unspecified atom stereocenters. The van der Waals surface area contributed by atoms with Crippen molar-refractivity contribution in [2.24, 2.45) is 4.99 Å². The van der Waals surface area contributed by atoms with Crippen LogP contribution in [0.15, 0.2) is 82.3 Å². The van der Waals surface area contributed by atoms with Crippen molar-refractivity contribution >= 4 is 21.6 Å². The number of para-hydroxylation sites is 1. The van der Waals surface area contributed by atoms with E-state index in [0.717, 1.165) is 32.6 Å². The molecule has 1 aliphatic heterocycles. The van der Waals surface area contributed by atoms with Gasteiger partial charge in [0.2, 0.25) is 0 Å². The van der Waals surface area contributed by atoms with Crippen LogP contribution in [0.1, 0.15) is 35.3 Å². The molecule has 28 heavy (non-hydrogen) atoms. The molecule has 0 saturated heterocycles. The fraction of sp³-hybridized carbons (Fsp3) is 0.174. The van der Waals surface area contributed by atoms with E-state index in [4.69, 9.17) is 9.73 Å². The Hall–Kier alpha value is -2.63. The fourth-order valence-corrected chi connectivity index (χ4v) is 3.89. The summed E-state index contributed by atoms with van der Waals surface area (Å²) in [7, 11) is 1.66. The summed E-state index contributed by atoms with van der Waals surface area (Å²) in [5.41, 5.74) is 4.01. The molecule has 4 nitrogen and oxygen atoms in total. The third-order valence-corrected chi connectivity index (χ3v) is 5.44. The van der Waals surface area contributed by atoms with Gasteiger partial charge in [-0.3, -0.25) is 10.3 Å². The number of phenolic OH excluding ortho intramolecular Hbond substituents is 1. The molecule has 0 aromatic heterocycles. The zero-order chi connectivity index (χ0) is 19.5. The van der Waals surface area contributed by atoms with Crippen LogP contribution in [0, 0.1) is 0 Å². The lowest BCUT2D eigenvalue weighted by Gasteiger charge is -2.31. The number of nitrogens with one attached hydrogen (secondary N) is 1. The lowest BCUT2D eigenvalue weighted by Crippen LogP contribution is -2.33. The maximum Gasteiger partial charge on any atom is 0.126 e. The number of methoxy groups -OCH3 is 1. The van der Waals surface area contributed by atoms with E-state index in [1.165, 1.54) is 0 Å². The molecule has 0 saturated carbocycles. The van der Waals surface area contributed by atoms with Crippen LogP contribution in [-0.4, -0.2) is 17.9 Å². The number of nitrogens with zero attached hydrogens (tertiary/aromatic N) is 1. The molecule has 0 amide bonds. The average molecular weight is 437 g/mol. The average Bonchev–Trinajstić information content (AvgIpc) is 2.74.